The van der Waals surface area contributed by atoms with Crippen molar-refractivity contribution in [1.82, 2.24) is 4.98 Å². The first-order valence-electron chi connectivity index (χ1n) is 8.19. The summed E-state index contributed by atoms with van der Waals surface area (Å²) in [6, 6.07) is 18.7. The van der Waals surface area contributed by atoms with Crippen LogP contribution in [0, 0.1) is 6.92 Å². The molecule has 0 radical (unpaired) electrons. The summed E-state index contributed by atoms with van der Waals surface area (Å²) in [5, 5.41) is 2.87. The van der Waals surface area contributed by atoms with Crippen molar-refractivity contribution in [3.05, 3.63) is 71.9 Å². The van der Waals surface area contributed by atoms with Crippen LogP contribution in [0.3, 0.4) is 0 Å². The Balaban J connectivity index is 1.87. The molecule has 1 amide bonds. The molecule has 0 atom stereocenters. The van der Waals surface area contributed by atoms with E-state index in [1.807, 2.05) is 43.3 Å². The van der Waals surface area contributed by atoms with Gasteiger partial charge in [-0.2, -0.15) is 0 Å². The van der Waals surface area contributed by atoms with E-state index in [0.29, 0.717) is 28.4 Å². The van der Waals surface area contributed by atoms with Gasteiger partial charge in [-0.3, -0.25) is 9.78 Å². The van der Waals surface area contributed by atoms with Gasteiger partial charge >= 0.3 is 0 Å². The van der Waals surface area contributed by atoms with E-state index in [2.05, 4.69) is 10.3 Å². The molecule has 0 saturated carbocycles. The SMILES string of the molecule is COc1ccc(OC)c(NC(=O)c2ccc(-c3ccccc3)nc2C)c1. The molecular formula is C21H20N2O3. The monoisotopic (exact) mass is 348 g/mol. The van der Waals surface area contributed by atoms with E-state index < -0.39 is 0 Å². The number of nitrogens with one attached hydrogen (secondary N) is 1. The Morgan fingerprint density at radius 2 is 1.73 bits per heavy atom. The highest BCUT2D eigenvalue weighted by molar-refractivity contribution is 6.06. The molecule has 0 aliphatic carbocycles. The second-order valence-corrected chi connectivity index (χ2v) is 5.72. The average Bonchev–Trinajstić information content (AvgIpc) is 2.68. The number of benzene rings is 2. The lowest BCUT2D eigenvalue weighted by molar-refractivity contribution is 0.102. The molecule has 0 unspecified atom stereocenters. The molecule has 0 aliphatic rings. The minimum absolute atomic E-state index is 0.249. The molecule has 5 heteroatoms. The molecule has 0 bridgehead atoms. The summed E-state index contributed by atoms with van der Waals surface area (Å²) in [7, 11) is 3.13. The van der Waals surface area contributed by atoms with Crippen molar-refractivity contribution in [3.63, 3.8) is 0 Å². The summed E-state index contributed by atoms with van der Waals surface area (Å²) in [5.41, 5.74) is 3.55. The van der Waals surface area contributed by atoms with Gasteiger partial charge < -0.3 is 14.8 Å². The Bertz CT molecular complexity index is 924. The largest absolute Gasteiger partial charge is 0.497 e. The topological polar surface area (TPSA) is 60.5 Å². The number of hydrogen-bond donors (Lipinski definition) is 1. The van der Waals surface area contributed by atoms with Crippen LogP contribution >= 0.6 is 0 Å². The first-order chi connectivity index (χ1) is 12.6. The van der Waals surface area contributed by atoms with Crippen LogP contribution in [0.5, 0.6) is 11.5 Å². The van der Waals surface area contributed by atoms with E-state index in [4.69, 9.17) is 9.47 Å². The van der Waals surface area contributed by atoms with Crippen LogP contribution in [0.1, 0.15) is 16.1 Å². The van der Waals surface area contributed by atoms with E-state index in [9.17, 15) is 4.79 Å². The molecule has 3 aromatic rings. The van der Waals surface area contributed by atoms with E-state index in [1.54, 1.807) is 38.5 Å². The van der Waals surface area contributed by atoms with Gasteiger partial charge in [0.2, 0.25) is 0 Å². The number of anilines is 1. The van der Waals surface area contributed by atoms with E-state index in [1.165, 1.54) is 0 Å². The Hall–Kier alpha value is -3.34. The second kappa shape index (κ2) is 7.70. The lowest BCUT2D eigenvalue weighted by atomic mass is 10.1. The van der Waals surface area contributed by atoms with Crippen molar-refractivity contribution in [2.45, 2.75) is 6.92 Å². The van der Waals surface area contributed by atoms with Crippen LogP contribution in [-0.2, 0) is 0 Å². The summed E-state index contributed by atoms with van der Waals surface area (Å²) < 4.78 is 10.5. The number of pyridine rings is 1. The smallest absolute Gasteiger partial charge is 0.257 e. The normalized spacial score (nSPS) is 10.3. The summed E-state index contributed by atoms with van der Waals surface area (Å²) in [5.74, 6) is 0.946. The highest BCUT2D eigenvalue weighted by Gasteiger charge is 2.14. The maximum Gasteiger partial charge on any atom is 0.257 e. The lowest BCUT2D eigenvalue weighted by Crippen LogP contribution is -2.15. The predicted octanol–water partition coefficient (Wildman–Crippen LogP) is 4.33. The summed E-state index contributed by atoms with van der Waals surface area (Å²) in [6.07, 6.45) is 0. The fraction of sp³-hybridized carbons (Fsp3) is 0.143. The molecule has 1 N–H and O–H groups in total. The van der Waals surface area contributed by atoms with Crippen molar-refractivity contribution in [2.75, 3.05) is 19.5 Å². The van der Waals surface area contributed by atoms with Crippen LogP contribution < -0.4 is 14.8 Å². The van der Waals surface area contributed by atoms with Crippen molar-refractivity contribution in [1.29, 1.82) is 0 Å². The second-order valence-electron chi connectivity index (χ2n) is 5.72. The summed E-state index contributed by atoms with van der Waals surface area (Å²) in [4.78, 5) is 17.3. The minimum atomic E-state index is -0.249. The number of amides is 1. The van der Waals surface area contributed by atoms with Crippen molar-refractivity contribution in [2.24, 2.45) is 0 Å². The van der Waals surface area contributed by atoms with Gasteiger partial charge in [0.05, 0.1) is 36.9 Å². The number of nitrogens with zero attached hydrogens (tertiary/aromatic N) is 1. The number of ether oxygens (including phenoxy) is 2. The number of methoxy groups -OCH3 is 2. The first kappa shape index (κ1) is 17.5. The molecule has 26 heavy (non-hydrogen) atoms. The van der Waals surface area contributed by atoms with Crippen LogP contribution in [0.2, 0.25) is 0 Å². The third kappa shape index (κ3) is 3.67. The van der Waals surface area contributed by atoms with Gasteiger partial charge in [0, 0.05) is 11.6 Å². The molecular weight excluding hydrogens is 328 g/mol. The molecule has 0 fully saturated rings. The Kier molecular flexibility index (Phi) is 5.17. The Morgan fingerprint density at radius 3 is 2.38 bits per heavy atom. The van der Waals surface area contributed by atoms with Gasteiger partial charge in [0.1, 0.15) is 11.5 Å². The molecule has 132 valence electrons. The maximum atomic E-state index is 12.7. The first-order valence-corrected chi connectivity index (χ1v) is 8.19. The van der Waals surface area contributed by atoms with Crippen LogP contribution in [0.25, 0.3) is 11.3 Å². The van der Waals surface area contributed by atoms with Gasteiger partial charge in [-0.15, -0.1) is 0 Å². The zero-order valence-electron chi connectivity index (χ0n) is 14.9. The minimum Gasteiger partial charge on any atom is -0.497 e. The van der Waals surface area contributed by atoms with Gasteiger partial charge in [0.15, 0.2) is 0 Å². The molecule has 1 heterocycles. The molecule has 2 aromatic carbocycles. The fourth-order valence-electron chi connectivity index (χ4n) is 2.67. The molecule has 3 rings (SSSR count). The molecule has 0 spiro atoms. The number of rotatable bonds is 5. The van der Waals surface area contributed by atoms with Crippen LogP contribution in [-0.4, -0.2) is 25.1 Å². The van der Waals surface area contributed by atoms with Crippen LogP contribution in [0.15, 0.2) is 60.7 Å². The third-order valence-electron chi connectivity index (χ3n) is 4.05. The summed E-state index contributed by atoms with van der Waals surface area (Å²) >= 11 is 0. The van der Waals surface area contributed by atoms with E-state index in [-0.39, 0.29) is 5.91 Å². The van der Waals surface area contributed by atoms with Crippen molar-refractivity contribution < 1.29 is 14.3 Å². The third-order valence-corrected chi connectivity index (χ3v) is 4.05. The number of aryl methyl sites for hydroxylation is 1. The molecule has 5 nitrogen and oxygen atoms in total. The quantitative estimate of drug-likeness (QED) is 0.746. The van der Waals surface area contributed by atoms with E-state index >= 15 is 0 Å². The average molecular weight is 348 g/mol. The number of hydrogen-bond acceptors (Lipinski definition) is 4. The standard InChI is InChI=1S/C21H20N2O3/c1-14-17(10-11-18(22-14)15-7-5-4-6-8-15)21(24)23-19-13-16(25-2)9-12-20(19)26-3/h4-13H,1-3H3,(H,23,24). The Morgan fingerprint density at radius 1 is 0.962 bits per heavy atom. The van der Waals surface area contributed by atoms with Crippen molar-refractivity contribution in [3.8, 4) is 22.8 Å². The fourth-order valence-corrected chi connectivity index (χ4v) is 2.67. The Labute approximate surface area is 152 Å². The van der Waals surface area contributed by atoms with Gasteiger partial charge in [0.25, 0.3) is 5.91 Å². The maximum absolute atomic E-state index is 12.7. The van der Waals surface area contributed by atoms with Gasteiger partial charge in [-0.1, -0.05) is 30.3 Å². The summed E-state index contributed by atoms with van der Waals surface area (Å²) in [6.45, 7) is 1.82. The molecule has 1 aromatic heterocycles. The molecule has 0 saturated heterocycles. The van der Waals surface area contributed by atoms with Gasteiger partial charge in [-0.25, -0.2) is 0 Å². The van der Waals surface area contributed by atoms with Gasteiger partial charge in [-0.05, 0) is 31.2 Å². The number of aromatic nitrogens is 1. The zero-order chi connectivity index (χ0) is 18.5. The highest BCUT2D eigenvalue weighted by atomic mass is 16.5. The lowest BCUT2D eigenvalue weighted by Gasteiger charge is -2.13. The number of carbonyl (C=O) groups is 1. The van der Waals surface area contributed by atoms with Crippen molar-refractivity contribution >= 4 is 11.6 Å². The zero-order valence-corrected chi connectivity index (χ0v) is 14.9. The highest BCUT2D eigenvalue weighted by Crippen LogP contribution is 2.29. The van der Waals surface area contributed by atoms with Crippen LogP contribution in [0.4, 0.5) is 5.69 Å². The van der Waals surface area contributed by atoms with E-state index in [0.717, 1.165) is 11.3 Å². The number of carbonyl (C=O) groups excluding carboxylic acids is 1. The predicted molar refractivity (Wildman–Crippen MR) is 102 cm³/mol. The molecule has 0 aliphatic heterocycles.